The highest BCUT2D eigenvalue weighted by Gasteiger charge is 2.32. The molecule has 0 unspecified atom stereocenters. The van der Waals surface area contributed by atoms with Crippen LogP contribution in [0.15, 0.2) is 23.1 Å². The third kappa shape index (κ3) is 3.46. The number of nitrogen functional groups attached to an aromatic ring is 1. The maximum absolute atomic E-state index is 12.4. The van der Waals surface area contributed by atoms with Gasteiger partial charge in [0.2, 0.25) is 10.0 Å². The van der Waals surface area contributed by atoms with E-state index in [4.69, 9.17) is 5.73 Å². The summed E-state index contributed by atoms with van der Waals surface area (Å²) >= 11 is 0. The molecule has 0 aliphatic heterocycles. The van der Waals surface area contributed by atoms with Crippen LogP contribution in [-0.4, -0.2) is 25.7 Å². The lowest BCUT2D eigenvalue weighted by Crippen LogP contribution is -2.50. The molecular formula is C13H22N2O3S. The molecule has 1 rings (SSSR count). The van der Waals surface area contributed by atoms with E-state index >= 15 is 0 Å². The van der Waals surface area contributed by atoms with Crippen molar-refractivity contribution in [1.29, 1.82) is 0 Å². The van der Waals surface area contributed by atoms with E-state index in [9.17, 15) is 13.5 Å². The fourth-order valence-corrected chi connectivity index (χ4v) is 3.73. The van der Waals surface area contributed by atoms with Crippen LogP contribution in [0.3, 0.4) is 0 Å². The Hall–Kier alpha value is -1.11. The highest BCUT2D eigenvalue weighted by Crippen LogP contribution is 2.22. The molecule has 1 aromatic carbocycles. The molecule has 4 N–H and O–H groups in total. The predicted molar refractivity (Wildman–Crippen MR) is 76.3 cm³/mol. The Labute approximate surface area is 114 Å². The Balaban J connectivity index is 3.17. The molecule has 0 aromatic heterocycles. The average Bonchev–Trinajstić information content (AvgIpc) is 2.35. The number of sulfonamides is 1. The zero-order valence-electron chi connectivity index (χ0n) is 11.6. The van der Waals surface area contributed by atoms with Gasteiger partial charge in [0.25, 0.3) is 0 Å². The van der Waals surface area contributed by atoms with Crippen LogP contribution in [0.25, 0.3) is 0 Å². The van der Waals surface area contributed by atoms with Crippen molar-refractivity contribution >= 4 is 15.7 Å². The molecule has 0 bridgehead atoms. The number of aryl methyl sites for hydroxylation is 1. The molecule has 0 aliphatic carbocycles. The summed E-state index contributed by atoms with van der Waals surface area (Å²) in [6.45, 7) is 5.16. The van der Waals surface area contributed by atoms with E-state index in [-0.39, 0.29) is 11.5 Å². The SMILES string of the molecule is CCC(CC)(CO)NS(=O)(=O)c1ccc(N)cc1C. The minimum atomic E-state index is -3.67. The van der Waals surface area contributed by atoms with Crippen molar-refractivity contribution in [1.82, 2.24) is 4.72 Å². The monoisotopic (exact) mass is 286 g/mol. The van der Waals surface area contributed by atoms with Crippen molar-refractivity contribution in [2.45, 2.75) is 44.0 Å². The van der Waals surface area contributed by atoms with Gasteiger partial charge in [0.05, 0.1) is 17.0 Å². The first-order chi connectivity index (χ1) is 8.80. The van der Waals surface area contributed by atoms with E-state index < -0.39 is 15.6 Å². The van der Waals surface area contributed by atoms with Crippen molar-refractivity contribution in [2.75, 3.05) is 12.3 Å². The first-order valence-electron chi connectivity index (χ1n) is 6.31. The van der Waals surface area contributed by atoms with Crippen LogP contribution in [0.1, 0.15) is 32.3 Å². The molecule has 0 atom stereocenters. The summed E-state index contributed by atoms with van der Waals surface area (Å²) in [6.07, 6.45) is 1.04. The summed E-state index contributed by atoms with van der Waals surface area (Å²) in [7, 11) is -3.67. The molecule has 0 aliphatic rings. The maximum atomic E-state index is 12.4. The van der Waals surface area contributed by atoms with E-state index in [0.717, 1.165) is 0 Å². The number of rotatable bonds is 6. The van der Waals surface area contributed by atoms with Gasteiger partial charge in [-0.1, -0.05) is 13.8 Å². The third-order valence-corrected chi connectivity index (χ3v) is 5.23. The molecule has 0 saturated carbocycles. The Morgan fingerprint density at radius 3 is 2.32 bits per heavy atom. The van der Waals surface area contributed by atoms with Crippen LogP contribution in [0, 0.1) is 6.92 Å². The molecule has 0 amide bonds. The van der Waals surface area contributed by atoms with Gasteiger partial charge in [0, 0.05) is 5.69 Å². The van der Waals surface area contributed by atoms with Gasteiger partial charge in [-0.05, 0) is 43.5 Å². The molecule has 19 heavy (non-hydrogen) atoms. The molecule has 0 radical (unpaired) electrons. The normalized spacial score (nSPS) is 12.6. The van der Waals surface area contributed by atoms with E-state index in [1.165, 1.54) is 6.07 Å². The first kappa shape index (κ1) is 15.9. The van der Waals surface area contributed by atoms with Crippen molar-refractivity contribution in [2.24, 2.45) is 0 Å². The molecule has 1 aromatic rings. The van der Waals surface area contributed by atoms with Crippen molar-refractivity contribution < 1.29 is 13.5 Å². The zero-order valence-corrected chi connectivity index (χ0v) is 12.4. The fourth-order valence-electron chi connectivity index (χ4n) is 1.96. The number of aliphatic hydroxyl groups excluding tert-OH is 1. The molecule has 0 saturated heterocycles. The van der Waals surface area contributed by atoms with Crippen molar-refractivity contribution in [3.05, 3.63) is 23.8 Å². The quantitative estimate of drug-likeness (QED) is 0.689. The average molecular weight is 286 g/mol. The number of benzene rings is 1. The van der Waals surface area contributed by atoms with Gasteiger partial charge in [-0.15, -0.1) is 0 Å². The predicted octanol–water partition coefficient (Wildman–Crippen LogP) is 1.41. The van der Waals surface area contributed by atoms with Gasteiger partial charge < -0.3 is 10.8 Å². The Morgan fingerprint density at radius 2 is 1.89 bits per heavy atom. The minimum Gasteiger partial charge on any atom is -0.399 e. The minimum absolute atomic E-state index is 0.196. The molecule has 108 valence electrons. The molecule has 0 heterocycles. The van der Waals surface area contributed by atoms with Crippen molar-refractivity contribution in [3.63, 3.8) is 0 Å². The summed E-state index contributed by atoms with van der Waals surface area (Å²) in [5.74, 6) is 0. The van der Waals surface area contributed by atoms with Crippen LogP contribution in [0.4, 0.5) is 5.69 Å². The lowest BCUT2D eigenvalue weighted by molar-refractivity contribution is 0.172. The van der Waals surface area contributed by atoms with Crippen LogP contribution >= 0.6 is 0 Å². The molecule has 0 spiro atoms. The summed E-state index contributed by atoms with van der Waals surface area (Å²) in [5, 5.41) is 9.45. The van der Waals surface area contributed by atoms with Crippen LogP contribution in [0.2, 0.25) is 0 Å². The lowest BCUT2D eigenvalue weighted by Gasteiger charge is -2.30. The van der Waals surface area contributed by atoms with Gasteiger partial charge in [0.1, 0.15) is 0 Å². The van der Waals surface area contributed by atoms with E-state index in [0.29, 0.717) is 24.1 Å². The summed E-state index contributed by atoms with van der Waals surface area (Å²) in [4.78, 5) is 0.196. The zero-order chi connectivity index (χ0) is 14.7. The number of nitrogens with two attached hydrogens (primary N) is 1. The number of anilines is 1. The Bertz CT molecular complexity index is 529. The maximum Gasteiger partial charge on any atom is 0.241 e. The van der Waals surface area contributed by atoms with Crippen LogP contribution in [-0.2, 0) is 10.0 Å². The summed E-state index contributed by atoms with van der Waals surface area (Å²) in [5.41, 5.74) is 5.92. The second kappa shape index (κ2) is 5.90. The number of hydrogen-bond donors (Lipinski definition) is 3. The summed E-state index contributed by atoms with van der Waals surface area (Å²) in [6, 6.07) is 4.66. The number of aliphatic hydroxyl groups is 1. The third-order valence-electron chi connectivity index (χ3n) is 3.50. The second-order valence-electron chi connectivity index (χ2n) is 4.78. The standard InChI is InChI=1S/C13H22N2O3S/c1-4-13(5-2,9-16)15-19(17,18)12-7-6-11(14)8-10(12)3/h6-8,15-16H,4-5,9,14H2,1-3H3. The molecule has 5 nitrogen and oxygen atoms in total. The highest BCUT2D eigenvalue weighted by molar-refractivity contribution is 7.89. The van der Waals surface area contributed by atoms with Gasteiger partial charge >= 0.3 is 0 Å². The Morgan fingerprint density at radius 1 is 1.32 bits per heavy atom. The van der Waals surface area contributed by atoms with Gasteiger partial charge in [-0.3, -0.25) is 0 Å². The van der Waals surface area contributed by atoms with Gasteiger partial charge in [-0.25, -0.2) is 13.1 Å². The molecule has 6 heteroatoms. The molecular weight excluding hydrogens is 264 g/mol. The Kier molecular flexibility index (Phi) is 4.95. The van der Waals surface area contributed by atoms with Crippen molar-refractivity contribution in [3.8, 4) is 0 Å². The molecule has 0 fully saturated rings. The first-order valence-corrected chi connectivity index (χ1v) is 7.79. The lowest BCUT2D eigenvalue weighted by atomic mass is 9.96. The van der Waals surface area contributed by atoms with Gasteiger partial charge in [-0.2, -0.15) is 0 Å². The largest absolute Gasteiger partial charge is 0.399 e. The fraction of sp³-hybridized carbons (Fsp3) is 0.538. The van der Waals surface area contributed by atoms with E-state index in [1.807, 2.05) is 13.8 Å². The topological polar surface area (TPSA) is 92.4 Å². The second-order valence-corrected chi connectivity index (χ2v) is 6.43. The van der Waals surface area contributed by atoms with E-state index in [2.05, 4.69) is 4.72 Å². The van der Waals surface area contributed by atoms with Crippen LogP contribution in [0.5, 0.6) is 0 Å². The van der Waals surface area contributed by atoms with Gasteiger partial charge in [0.15, 0.2) is 0 Å². The van der Waals surface area contributed by atoms with E-state index in [1.54, 1.807) is 19.1 Å². The highest BCUT2D eigenvalue weighted by atomic mass is 32.2. The number of nitrogens with one attached hydrogen (secondary N) is 1. The number of hydrogen-bond acceptors (Lipinski definition) is 4. The summed E-state index contributed by atoms with van der Waals surface area (Å²) < 4.78 is 27.4. The van der Waals surface area contributed by atoms with Crippen LogP contribution < -0.4 is 10.5 Å². The smallest absolute Gasteiger partial charge is 0.241 e.